The third kappa shape index (κ3) is 2.57. The highest BCUT2D eigenvalue weighted by Gasteiger charge is 2.33. The first-order chi connectivity index (χ1) is 11.8. The van der Waals surface area contributed by atoms with Crippen molar-refractivity contribution < 1.29 is 0 Å². The molecule has 0 aromatic carbocycles. The lowest BCUT2D eigenvalue weighted by Gasteiger charge is -2.44. The zero-order chi connectivity index (χ0) is 16.1. The Labute approximate surface area is 146 Å². The van der Waals surface area contributed by atoms with E-state index in [1.165, 1.54) is 59.9 Å². The van der Waals surface area contributed by atoms with Gasteiger partial charge in [0.05, 0.1) is 17.4 Å². The van der Waals surface area contributed by atoms with Crippen LogP contribution in [0, 0.1) is 0 Å². The molecular formula is C18H23N5S. The van der Waals surface area contributed by atoms with Gasteiger partial charge in [0.2, 0.25) is 0 Å². The monoisotopic (exact) mass is 341 g/mol. The van der Waals surface area contributed by atoms with E-state index in [-0.39, 0.29) is 0 Å². The lowest BCUT2D eigenvalue weighted by atomic mass is 10.0. The summed E-state index contributed by atoms with van der Waals surface area (Å²) in [6.45, 7) is 2.02. The second kappa shape index (κ2) is 5.69. The number of thiazole rings is 1. The number of hydrogen-bond donors (Lipinski definition) is 0. The molecule has 3 aliphatic rings. The zero-order valence-electron chi connectivity index (χ0n) is 14.1. The third-order valence-electron chi connectivity index (χ3n) is 5.54. The van der Waals surface area contributed by atoms with Gasteiger partial charge in [0.25, 0.3) is 0 Å². The molecule has 5 rings (SSSR count). The summed E-state index contributed by atoms with van der Waals surface area (Å²) in [5.41, 5.74) is 2.52. The molecule has 1 saturated carbocycles. The van der Waals surface area contributed by atoms with E-state index in [0.29, 0.717) is 12.0 Å². The zero-order valence-corrected chi connectivity index (χ0v) is 14.9. The van der Waals surface area contributed by atoms with Crippen LogP contribution in [0.25, 0.3) is 0 Å². The van der Waals surface area contributed by atoms with Crippen LogP contribution < -0.4 is 9.80 Å². The molecule has 2 aromatic heterocycles. The summed E-state index contributed by atoms with van der Waals surface area (Å²) in [7, 11) is 2.19. The second-order valence-electron chi connectivity index (χ2n) is 7.33. The highest BCUT2D eigenvalue weighted by Crippen LogP contribution is 2.39. The van der Waals surface area contributed by atoms with E-state index in [9.17, 15) is 0 Å². The number of fused-ring (bicyclic) bond motifs is 1. The molecule has 1 saturated heterocycles. The first-order valence-corrected chi connectivity index (χ1v) is 9.89. The molecule has 2 fully saturated rings. The minimum atomic E-state index is 0.530. The molecule has 0 N–H and O–H groups in total. The van der Waals surface area contributed by atoms with E-state index in [0.717, 1.165) is 18.9 Å². The minimum absolute atomic E-state index is 0.530. The highest BCUT2D eigenvalue weighted by atomic mass is 32.1. The summed E-state index contributed by atoms with van der Waals surface area (Å²) in [5.74, 6) is 1.69. The van der Waals surface area contributed by atoms with Crippen LogP contribution in [0.1, 0.15) is 47.9 Å². The summed E-state index contributed by atoms with van der Waals surface area (Å²) < 4.78 is 0. The van der Waals surface area contributed by atoms with Crippen molar-refractivity contribution >= 4 is 22.3 Å². The molecule has 0 spiro atoms. The molecule has 0 atom stereocenters. The summed E-state index contributed by atoms with van der Waals surface area (Å²) in [6.07, 6.45) is 7.57. The predicted octanol–water partition coefficient (Wildman–Crippen LogP) is 3.01. The SMILES string of the molecule is CN(c1nc2c(s1)CCCC2)C1CN(c2ccc(C3CC3)nn2)C1. The van der Waals surface area contributed by atoms with Gasteiger partial charge >= 0.3 is 0 Å². The molecular weight excluding hydrogens is 318 g/mol. The van der Waals surface area contributed by atoms with Gasteiger partial charge in [-0.1, -0.05) is 0 Å². The molecule has 24 heavy (non-hydrogen) atoms. The lowest BCUT2D eigenvalue weighted by molar-refractivity contribution is 0.489. The lowest BCUT2D eigenvalue weighted by Crippen LogP contribution is -2.59. The second-order valence-corrected chi connectivity index (χ2v) is 8.40. The quantitative estimate of drug-likeness (QED) is 0.855. The van der Waals surface area contributed by atoms with E-state index in [1.54, 1.807) is 0 Å². The fourth-order valence-electron chi connectivity index (χ4n) is 3.63. The fourth-order valence-corrected chi connectivity index (χ4v) is 4.81. The van der Waals surface area contributed by atoms with Gasteiger partial charge in [-0.2, -0.15) is 5.10 Å². The fraction of sp³-hybridized carbons (Fsp3) is 0.611. The Morgan fingerprint density at radius 2 is 1.96 bits per heavy atom. The summed E-state index contributed by atoms with van der Waals surface area (Å²) in [4.78, 5) is 11.1. The van der Waals surface area contributed by atoms with Crippen molar-refractivity contribution in [1.82, 2.24) is 15.2 Å². The standard InChI is InChI=1S/C18H23N5S/c1-22(18-19-15-4-2-3-5-16(15)24-18)13-10-23(11-13)17-9-8-14(20-21-17)12-6-7-12/h8-9,12-13H,2-7,10-11H2,1H3. The average molecular weight is 341 g/mol. The van der Waals surface area contributed by atoms with Gasteiger partial charge in [-0.15, -0.1) is 16.4 Å². The first-order valence-electron chi connectivity index (χ1n) is 9.08. The summed E-state index contributed by atoms with van der Waals surface area (Å²) in [5, 5.41) is 10.0. The van der Waals surface area contributed by atoms with Gasteiger partial charge in [-0.05, 0) is 50.7 Å². The third-order valence-corrected chi connectivity index (χ3v) is 6.78. The number of aryl methyl sites for hydroxylation is 2. The highest BCUT2D eigenvalue weighted by molar-refractivity contribution is 7.15. The van der Waals surface area contributed by atoms with Crippen LogP contribution in [0.5, 0.6) is 0 Å². The molecule has 0 amide bonds. The molecule has 126 valence electrons. The van der Waals surface area contributed by atoms with Crippen LogP contribution in [0.2, 0.25) is 0 Å². The Morgan fingerprint density at radius 3 is 2.67 bits per heavy atom. The van der Waals surface area contributed by atoms with Gasteiger partial charge in [0.1, 0.15) is 0 Å². The number of likely N-dealkylation sites (N-methyl/N-ethyl adjacent to an activating group) is 1. The van der Waals surface area contributed by atoms with Crippen molar-refractivity contribution in [3.05, 3.63) is 28.4 Å². The van der Waals surface area contributed by atoms with Crippen LogP contribution in [0.3, 0.4) is 0 Å². The maximum atomic E-state index is 4.89. The normalized spacial score (nSPS) is 20.6. The Hall–Kier alpha value is -1.69. The Morgan fingerprint density at radius 1 is 1.12 bits per heavy atom. The number of nitrogens with zero attached hydrogens (tertiary/aromatic N) is 5. The van der Waals surface area contributed by atoms with Crippen molar-refractivity contribution in [2.75, 3.05) is 29.9 Å². The minimum Gasteiger partial charge on any atom is -0.351 e. The van der Waals surface area contributed by atoms with E-state index in [4.69, 9.17) is 4.98 Å². The largest absolute Gasteiger partial charge is 0.351 e. The summed E-state index contributed by atoms with van der Waals surface area (Å²) >= 11 is 1.90. The number of anilines is 2. The topological polar surface area (TPSA) is 45.2 Å². The van der Waals surface area contributed by atoms with Crippen molar-refractivity contribution in [3.63, 3.8) is 0 Å². The van der Waals surface area contributed by atoms with Crippen LogP contribution >= 0.6 is 11.3 Å². The Bertz CT molecular complexity index is 707. The van der Waals surface area contributed by atoms with Crippen molar-refractivity contribution in [1.29, 1.82) is 0 Å². The molecule has 5 nitrogen and oxygen atoms in total. The Kier molecular flexibility index (Phi) is 3.47. The number of rotatable bonds is 4. The van der Waals surface area contributed by atoms with Crippen LogP contribution in [0.15, 0.2) is 12.1 Å². The molecule has 3 heterocycles. The van der Waals surface area contributed by atoms with Gasteiger partial charge in [-0.25, -0.2) is 4.98 Å². The van der Waals surface area contributed by atoms with Crippen LogP contribution in [-0.2, 0) is 12.8 Å². The van der Waals surface area contributed by atoms with E-state index >= 15 is 0 Å². The van der Waals surface area contributed by atoms with Crippen molar-refractivity contribution in [3.8, 4) is 0 Å². The smallest absolute Gasteiger partial charge is 0.185 e. The molecule has 2 aromatic rings. The molecule has 0 bridgehead atoms. The van der Waals surface area contributed by atoms with Gasteiger partial charge in [0, 0.05) is 30.9 Å². The molecule has 1 aliphatic heterocycles. The molecule has 2 aliphatic carbocycles. The maximum Gasteiger partial charge on any atom is 0.185 e. The first kappa shape index (κ1) is 14.6. The summed E-state index contributed by atoms with van der Waals surface area (Å²) in [6, 6.07) is 4.83. The number of hydrogen-bond acceptors (Lipinski definition) is 6. The number of aromatic nitrogens is 3. The van der Waals surface area contributed by atoms with Crippen molar-refractivity contribution in [2.45, 2.75) is 50.5 Å². The maximum absolute atomic E-state index is 4.89. The van der Waals surface area contributed by atoms with Gasteiger partial charge in [-0.3, -0.25) is 0 Å². The average Bonchev–Trinajstić information content (AvgIpc) is 3.32. The van der Waals surface area contributed by atoms with E-state index < -0.39 is 0 Å². The molecule has 6 heteroatoms. The van der Waals surface area contributed by atoms with E-state index in [1.807, 2.05) is 11.3 Å². The molecule has 0 unspecified atom stereocenters. The van der Waals surface area contributed by atoms with Crippen LogP contribution in [-0.4, -0.2) is 41.4 Å². The van der Waals surface area contributed by atoms with Gasteiger partial charge < -0.3 is 9.80 Å². The van der Waals surface area contributed by atoms with Crippen molar-refractivity contribution in [2.24, 2.45) is 0 Å². The predicted molar refractivity (Wildman–Crippen MR) is 97.2 cm³/mol. The van der Waals surface area contributed by atoms with E-state index in [2.05, 4.69) is 39.2 Å². The van der Waals surface area contributed by atoms with Gasteiger partial charge in [0.15, 0.2) is 10.9 Å². The van der Waals surface area contributed by atoms with Crippen LogP contribution in [0.4, 0.5) is 10.9 Å². The molecule has 0 radical (unpaired) electrons. The Balaban J connectivity index is 1.23.